The number of amides is 3. The smallest absolute Gasteiger partial charge is 0.243 e. The number of nitrogens with zero attached hydrogens (tertiary/aromatic N) is 2. The standard InChI is InChI=1S/C28H28N4O4/c1-19(33)29-22-10-12-23(13-11-22)30-27(34)16-17-28(35)32-26(21-8-14-24(36-2)15-9-21)18-25(31-32)20-6-4-3-5-7-20/h3-15,26H,16-18H2,1-2H3,(H,29,33)(H,30,34)/t26-/m1/s1. The van der Waals surface area contributed by atoms with Crippen LogP contribution in [0.1, 0.15) is 43.4 Å². The van der Waals surface area contributed by atoms with Crippen molar-refractivity contribution in [2.45, 2.75) is 32.2 Å². The van der Waals surface area contributed by atoms with Crippen LogP contribution in [0, 0.1) is 0 Å². The van der Waals surface area contributed by atoms with Crippen LogP contribution < -0.4 is 15.4 Å². The summed E-state index contributed by atoms with van der Waals surface area (Å²) in [6.45, 7) is 1.43. The average Bonchev–Trinajstić information content (AvgIpc) is 3.34. The molecule has 0 fully saturated rings. The van der Waals surface area contributed by atoms with Crippen molar-refractivity contribution >= 4 is 34.8 Å². The molecule has 0 aromatic heterocycles. The van der Waals surface area contributed by atoms with Gasteiger partial charge in [0.15, 0.2) is 0 Å². The van der Waals surface area contributed by atoms with E-state index in [0.29, 0.717) is 17.8 Å². The normalized spacial score (nSPS) is 14.7. The average molecular weight is 485 g/mol. The summed E-state index contributed by atoms with van der Waals surface area (Å²) < 4.78 is 5.26. The summed E-state index contributed by atoms with van der Waals surface area (Å²) in [4.78, 5) is 36.9. The van der Waals surface area contributed by atoms with E-state index in [2.05, 4.69) is 15.7 Å². The molecule has 8 heteroatoms. The zero-order valence-electron chi connectivity index (χ0n) is 20.2. The van der Waals surface area contributed by atoms with Crippen molar-refractivity contribution in [1.29, 1.82) is 0 Å². The zero-order chi connectivity index (χ0) is 25.5. The molecule has 0 saturated heterocycles. The molecule has 0 spiro atoms. The van der Waals surface area contributed by atoms with Crippen molar-refractivity contribution in [3.8, 4) is 5.75 Å². The van der Waals surface area contributed by atoms with Crippen molar-refractivity contribution in [2.24, 2.45) is 5.10 Å². The van der Waals surface area contributed by atoms with Crippen LogP contribution in [0.3, 0.4) is 0 Å². The maximum Gasteiger partial charge on any atom is 0.243 e. The van der Waals surface area contributed by atoms with Gasteiger partial charge in [0, 0.05) is 37.6 Å². The first-order chi connectivity index (χ1) is 17.4. The molecule has 0 saturated carbocycles. The lowest BCUT2D eigenvalue weighted by Gasteiger charge is -2.22. The number of hydrogen-bond acceptors (Lipinski definition) is 5. The number of anilines is 2. The summed E-state index contributed by atoms with van der Waals surface area (Å²) in [5, 5.41) is 11.6. The monoisotopic (exact) mass is 484 g/mol. The largest absolute Gasteiger partial charge is 0.497 e. The van der Waals surface area contributed by atoms with E-state index in [1.807, 2.05) is 54.6 Å². The Kier molecular flexibility index (Phi) is 7.75. The van der Waals surface area contributed by atoms with Gasteiger partial charge in [-0.2, -0.15) is 5.10 Å². The van der Waals surface area contributed by atoms with Crippen molar-refractivity contribution in [1.82, 2.24) is 5.01 Å². The number of hydrogen-bond donors (Lipinski definition) is 2. The Bertz CT molecular complexity index is 1250. The van der Waals surface area contributed by atoms with E-state index < -0.39 is 0 Å². The molecule has 3 amide bonds. The molecule has 2 N–H and O–H groups in total. The van der Waals surface area contributed by atoms with Gasteiger partial charge in [-0.1, -0.05) is 42.5 Å². The molecule has 1 aliphatic rings. The van der Waals surface area contributed by atoms with E-state index in [9.17, 15) is 14.4 Å². The van der Waals surface area contributed by atoms with Crippen LogP contribution in [-0.2, 0) is 14.4 Å². The number of ether oxygens (including phenoxy) is 1. The Morgan fingerprint density at radius 1 is 0.889 bits per heavy atom. The van der Waals surface area contributed by atoms with Crippen molar-refractivity contribution in [2.75, 3.05) is 17.7 Å². The molecule has 184 valence electrons. The van der Waals surface area contributed by atoms with Crippen molar-refractivity contribution < 1.29 is 19.1 Å². The topological polar surface area (TPSA) is 100 Å². The lowest BCUT2D eigenvalue weighted by Crippen LogP contribution is -2.28. The van der Waals surface area contributed by atoms with E-state index >= 15 is 0 Å². The third kappa shape index (κ3) is 6.15. The Labute approximate surface area is 210 Å². The molecule has 3 aromatic carbocycles. The van der Waals surface area contributed by atoms with Gasteiger partial charge < -0.3 is 15.4 Å². The predicted molar refractivity (Wildman–Crippen MR) is 139 cm³/mol. The van der Waals surface area contributed by atoms with Gasteiger partial charge in [0.2, 0.25) is 17.7 Å². The van der Waals surface area contributed by atoms with E-state index in [-0.39, 0.29) is 36.6 Å². The number of methoxy groups -OCH3 is 1. The Morgan fingerprint density at radius 3 is 2.14 bits per heavy atom. The number of carbonyl (C=O) groups is 3. The van der Waals surface area contributed by atoms with Gasteiger partial charge in [0.1, 0.15) is 5.75 Å². The van der Waals surface area contributed by atoms with E-state index in [4.69, 9.17) is 4.74 Å². The van der Waals surface area contributed by atoms with Crippen LogP contribution in [0.5, 0.6) is 5.75 Å². The van der Waals surface area contributed by atoms with E-state index in [1.165, 1.54) is 11.9 Å². The highest BCUT2D eigenvalue weighted by molar-refractivity contribution is 6.03. The third-order valence-electron chi connectivity index (χ3n) is 5.83. The van der Waals surface area contributed by atoms with Gasteiger partial charge >= 0.3 is 0 Å². The first kappa shape index (κ1) is 24.7. The molecule has 1 aliphatic heterocycles. The Morgan fingerprint density at radius 2 is 1.53 bits per heavy atom. The SMILES string of the molecule is COc1ccc([C@H]2CC(c3ccccc3)=NN2C(=O)CCC(=O)Nc2ccc(NC(C)=O)cc2)cc1. The lowest BCUT2D eigenvalue weighted by atomic mass is 9.98. The minimum Gasteiger partial charge on any atom is -0.497 e. The lowest BCUT2D eigenvalue weighted by molar-refractivity contribution is -0.134. The fourth-order valence-electron chi connectivity index (χ4n) is 4.03. The molecular weight excluding hydrogens is 456 g/mol. The first-order valence-electron chi connectivity index (χ1n) is 11.7. The number of hydrazone groups is 1. The molecule has 1 atom stereocenters. The second-order valence-corrected chi connectivity index (χ2v) is 8.45. The maximum absolute atomic E-state index is 13.2. The summed E-state index contributed by atoms with van der Waals surface area (Å²) in [6, 6.07) is 23.9. The fraction of sp³-hybridized carbons (Fsp3) is 0.214. The van der Waals surface area contributed by atoms with Gasteiger partial charge in [-0.15, -0.1) is 0 Å². The number of rotatable bonds is 8. The van der Waals surface area contributed by atoms with Crippen LogP contribution in [0.15, 0.2) is 84.0 Å². The summed E-state index contributed by atoms with van der Waals surface area (Å²) in [5.41, 5.74) is 3.97. The molecule has 0 radical (unpaired) electrons. The second-order valence-electron chi connectivity index (χ2n) is 8.45. The molecule has 36 heavy (non-hydrogen) atoms. The van der Waals surface area contributed by atoms with Crippen LogP contribution in [-0.4, -0.2) is 35.6 Å². The fourth-order valence-corrected chi connectivity index (χ4v) is 4.03. The molecule has 1 heterocycles. The van der Waals surface area contributed by atoms with Gasteiger partial charge in [-0.3, -0.25) is 14.4 Å². The highest BCUT2D eigenvalue weighted by Crippen LogP contribution is 2.34. The molecule has 0 bridgehead atoms. The van der Waals surface area contributed by atoms with Crippen LogP contribution in [0.2, 0.25) is 0 Å². The van der Waals surface area contributed by atoms with Gasteiger partial charge in [0.05, 0.1) is 18.9 Å². The van der Waals surface area contributed by atoms with Crippen LogP contribution >= 0.6 is 0 Å². The highest BCUT2D eigenvalue weighted by atomic mass is 16.5. The summed E-state index contributed by atoms with van der Waals surface area (Å²) in [6.07, 6.45) is 0.622. The van der Waals surface area contributed by atoms with Crippen molar-refractivity contribution in [3.05, 3.63) is 90.0 Å². The summed E-state index contributed by atoms with van der Waals surface area (Å²) in [7, 11) is 1.61. The van der Waals surface area contributed by atoms with Crippen LogP contribution in [0.4, 0.5) is 11.4 Å². The summed E-state index contributed by atoms with van der Waals surface area (Å²) in [5.74, 6) is 0.0693. The molecule has 4 rings (SSSR count). The number of carbonyl (C=O) groups excluding carboxylic acids is 3. The molecule has 8 nitrogen and oxygen atoms in total. The Balaban J connectivity index is 1.43. The van der Waals surface area contributed by atoms with E-state index in [1.54, 1.807) is 31.4 Å². The molecule has 0 aliphatic carbocycles. The van der Waals surface area contributed by atoms with Crippen LogP contribution in [0.25, 0.3) is 0 Å². The summed E-state index contributed by atoms with van der Waals surface area (Å²) >= 11 is 0. The molecule has 3 aromatic rings. The zero-order valence-corrected chi connectivity index (χ0v) is 20.2. The van der Waals surface area contributed by atoms with Crippen molar-refractivity contribution in [3.63, 3.8) is 0 Å². The maximum atomic E-state index is 13.2. The number of nitrogens with one attached hydrogen (secondary N) is 2. The van der Waals surface area contributed by atoms with Gasteiger partial charge in [0.25, 0.3) is 0 Å². The first-order valence-corrected chi connectivity index (χ1v) is 11.7. The van der Waals surface area contributed by atoms with Gasteiger partial charge in [-0.05, 0) is 47.5 Å². The Hall–Kier alpha value is -4.46. The quantitative estimate of drug-likeness (QED) is 0.482. The number of benzene rings is 3. The second kappa shape index (κ2) is 11.3. The van der Waals surface area contributed by atoms with E-state index in [0.717, 1.165) is 22.6 Å². The predicted octanol–water partition coefficient (Wildman–Crippen LogP) is 4.75. The highest BCUT2D eigenvalue weighted by Gasteiger charge is 2.33. The minimum atomic E-state index is -0.275. The molecule has 0 unspecified atom stereocenters. The third-order valence-corrected chi connectivity index (χ3v) is 5.83. The molecular formula is C28H28N4O4. The minimum absolute atomic E-state index is 0.0219. The van der Waals surface area contributed by atoms with Gasteiger partial charge in [-0.25, -0.2) is 5.01 Å².